The van der Waals surface area contributed by atoms with Gasteiger partial charge in [-0.1, -0.05) is 38.2 Å². The van der Waals surface area contributed by atoms with E-state index in [0.29, 0.717) is 24.5 Å². The number of carbonyl (C=O) groups excluding carboxylic acids is 1. The molecule has 0 aromatic carbocycles. The summed E-state index contributed by atoms with van der Waals surface area (Å²) >= 11 is 0. The van der Waals surface area contributed by atoms with E-state index in [4.69, 9.17) is 0 Å². The SMILES string of the molecule is CC.CC1=C(F)CCC(C(=O)NC2CC2)C=C1C1C=CC=C(n2ccnc2)C=C1. The molecule has 2 unspecified atom stereocenters. The molecule has 5 heteroatoms. The molecule has 4 rings (SSSR count). The summed E-state index contributed by atoms with van der Waals surface area (Å²) < 4.78 is 16.5. The number of hydrogen-bond acceptors (Lipinski definition) is 2. The molecule has 2 atom stereocenters. The summed E-state index contributed by atoms with van der Waals surface area (Å²) in [7, 11) is 0. The van der Waals surface area contributed by atoms with Crippen LogP contribution in [-0.4, -0.2) is 21.5 Å². The predicted molar refractivity (Wildman–Crippen MR) is 115 cm³/mol. The lowest BCUT2D eigenvalue weighted by atomic mass is 9.90. The Morgan fingerprint density at radius 3 is 2.72 bits per heavy atom. The second-order valence-corrected chi connectivity index (χ2v) is 7.41. The first-order valence-electron chi connectivity index (χ1n) is 10.5. The Kier molecular flexibility index (Phi) is 7.02. The molecule has 3 aliphatic rings. The van der Waals surface area contributed by atoms with Gasteiger partial charge in [0.05, 0.1) is 12.2 Å². The molecule has 1 heterocycles. The number of aromatic nitrogens is 2. The number of rotatable bonds is 4. The molecule has 1 N–H and O–H groups in total. The van der Waals surface area contributed by atoms with Gasteiger partial charge < -0.3 is 9.88 Å². The van der Waals surface area contributed by atoms with E-state index >= 15 is 0 Å². The standard InChI is InChI=1S/C22H24FN3O.C2H6/c1-15-20(13-17(6-10-21(15)23)22(27)25-18-7-8-18)16-3-2-4-19(9-5-16)26-12-11-24-14-26;1-2/h2-5,9,11-14,16-18H,6-8,10H2,1H3,(H,25,27);1-2H3. The van der Waals surface area contributed by atoms with Crippen molar-refractivity contribution in [3.63, 3.8) is 0 Å². The summed E-state index contributed by atoms with van der Waals surface area (Å²) in [5.41, 5.74) is 2.53. The molecular weight excluding hydrogens is 365 g/mol. The van der Waals surface area contributed by atoms with Gasteiger partial charge in [0.2, 0.25) is 5.91 Å². The lowest BCUT2D eigenvalue weighted by Gasteiger charge is -2.16. The summed E-state index contributed by atoms with van der Waals surface area (Å²) in [6.45, 7) is 5.82. The van der Waals surface area contributed by atoms with E-state index in [1.54, 1.807) is 12.5 Å². The zero-order valence-corrected chi connectivity index (χ0v) is 17.4. The molecule has 1 fully saturated rings. The Morgan fingerprint density at radius 2 is 2.03 bits per heavy atom. The van der Waals surface area contributed by atoms with Crippen LogP contribution < -0.4 is 5.32 Å². The molecule has 0 bridgehead atoms. The minimum absolute atomic E-state index is 0.0244. The van der Waals surface area contributed by atoms with Crippen LogP contribution in [0.5, 0.6) is 0 Å². The quantitative estimate of drug-likeness (QED) is 0.747. The summed E-state index contributed by atoms with van der Waals surface area (Å²) in [4.78, 5) is 16.6. The van der Waals surface area contributed by atoms with E-state index in [0.717, 1.165) is 24.1 Å². The fraction of sp³-hybridized carbons (Fsp3) is 0.417. The average Bonchev–Trinajstić information content (AvgIpc) is 3.47. The smallest absolute Gasteiger partial charge is 0.227 e. The van der Waals surface area contributed by atoms with Crippen LogP contribution in [0.3, 0.4) is 0 Å². The number of nitrogens with zero attached hydrogens (tertiary/aromatic N) is 2. The number of allylic oxidation sites excluding steroid dienone is 9. The second-order valence-electron chi connectivity index (χ2n) is 7.41. The van der Waals surface area contributed by atoms with Crippen molar-refractivity contribution in [3.8, 4) is 0 Å². The third kappa shape index (κ3) is 5.22. The minimum atomic E-state index is -0.282. The fourth-order valence-corrected chi connectivity index (χ4v) is 3.54. The van der Waals surface area contributed by atoms with Crippen molar-refractivity contribution in [3.05, 3.63) is 72.2 Å². The first-order chi connectivity index (χ1) is 14.1. The van der Waals surface area contributed by atoms with Crippen LogP contribution in [0.2, 0.25) is 0 Å². The molecule has 0 spiro atoms. The first-order valence-corrected chi connectivity index (χ1v) is 10.5. The molecule has 1 amide bonds. The van der Waals surface area contributed by atoms with Gasteiger partial charge in [-0.15, -0.1) is 0 Å². The molecule has 3 aliphatic carbocycles. The Bertz CT molecular complexity index is 870. The molecule has 1 aromatic heterocycles. The molecule has 29 heavy (non-hydrogen) atoms. The van der Waals surface area contributed by atoms with Gasteiger partial charge in [-0.05, 0) is 49.5 Å². The Balaban J connectivity index is 0.00000117. The monoisotopic (exact) mass is 395 g/mol. The van der Waals surface area contributed by atoms with E-state index < -0.39 is 0 Å². The third-order valence-electron chi connectivity index (χ3n) is 5.38. The normalized spacial score (nSPS) is 24.0. The van der Waals surface area contributed by atoms with E-state index in [9.17, 15) is 9.18 Å². The summed E-state index contributed by atoms with van der Waals surface area (Å²) in [6.07, 6.45) is 20.4. The van der Waals surface area contributed by atoms with E-state index in [2.05, 4.69) is 16.4 Å². The number of halogens is 1. The van der Waals surface area contributed by atoms with Crippen molar-refractivity contribution >= 4 is 11.6 Å². The summed E-state index contributed by atoms with van der Waals surface area (Å²) in [5, 5.41) is 3.06. The average molecular weight is 396 g/mol. The van der Waals surface area contributed by atoms with Crippen LogP contribution >= 0.6 is 0 Å². The van der Waals surface area contributed by atoms with Crippen LogP contribution in [0.1, 0.15) is 46.5 Å². The van der Waals surface area contributed by atoms with Crippen LogP contribution in [0.25, 0.3) is 5.70 Å². The zero-order chi connectivity index (χ0) is 20.8. The number of imidazole rings is 1. The van der Waals surface area contributed by atoms with Gasteiger partial charge in [-0.25, -0.2) is 9.37 Å². The highest BCUT2D eigenvalue weighted by Crippen LogP contribution is 2.35. The number of hydrogen-bond donors (Lipinski definition) is 1. The minimum Gasteiger partial charge on any atom is -0.353 e. The van der Waals surface area contributed by atoms with E-state index in [1.807, 2.05) is 61.9 Å². The lowest BCUT2D eigenvalue weighted by Crippen LogP contribution is -2.31. The van der Waals surface area contributed by atoms with Crippen LogP contribution in [0.15, 0.2) is 72.2 Å². The van der Waals surface area contributed by atoms with Crippen LogP contribution in [-0.2, 0) is 4.79 Å². The third-order valence-corrected chi connectivity index (χ3v) is 5.38. The zero-order valence-electron chi connectivity index (χ0n) is 17.4. The highest BCUT2D eigenvalue weighted by molar-refractivity contribution is 5.81. The molecular formula is C24H30FN3O. The second kappa shape index (κ2) is 9.68. The first kappa shape index (κ1) is 21.0. The maximum absolute atomic E-state index is 14.6. The summed E-state index contributed by atoms with van der Waals surface area (Å²) in [5.74, 6) is -0.439. The highest BCUT2D eigenvalue weighted by atomic mass is 19.1. The Hall–Kier alpha value is -2.69. The van der Waals surface area contributed by atoms with Crippen molar-refractivity contribution < 1.29 is 9.18 Å². The molecule has 0 radical (unpaired) electrons. The molecule has 1 saturated carbocycles. The van der Waals surface area contributed by atoms with Gasteiger partial charge in [0.15, 0.2) is 0 Å². The number of nitrogens with one attached hydrogen (secondary N) is 1. The maximum atomic E-state index is 14.6. The molecule has 1 aromatic rings. The number of carbonyl (C=O) groups is 1. The van der Waals surface area contributed by atoms with Crippen molar-refractivity contribution in [2.45, 2.75) is 52.5 Å². The summed E-state index contributed by atoms with van der Waals surface area (Å²) in [6, 6.07) is 0.316. The number of amides is 1. The van der Waals surface area contributed by atoms with Crippen molar-refractivity contribution in [2.75, 3.05) is 0 Å². The maximum Gasteiger partial charge on any atom is 0.227 e. The molecule has 0 saturated heterocycles. The highest BCUT2D eigenvalue weighted by Gasteiger charge is 2.29. The van der Waals surface area contributed by atoms with Crippen molar-refractivity contribution in [1.29, 1.82) is 0 Å². The van der Waals surface area contributed by atoms with Gasteiger partial charge in [0, 0.05) is 36.5 Å². The van der Waals surface area contributed by atoms with E-state index in [-0.39, 0.29) is 23.6 Å². The van der Waals surface area contributed by atoms with Crippen LogP contribution in [0, 0.1) is 11.8 Å². The topological polar surface area (TPSA) is 46.9 Å². The van der Waals surface area contributed by atoms with Gasteiger partial charge >= 0.3 is 0 Å². The van der Waals surface area contributed by atoms with Crippen LogP contribution in [0.4, 0.5) is 4.39 Å². The van der Waals surface area contributed by atoms with Crippen molar-refractivity contribution in [2.24, 2.45) is 11.8 Å². The largest absolute Gasteiger partial charge is 0.353 e. The fourth-order valence-electron chi connectivity index (χ4n) is 3.54. The van der Waals surface area contributed by atoms with Crippen molar-refractivity contribution in [1.82, 2.24) is 14.9 Å². The van der Waals surface area contributed by atoms with E-state index in [1.165, 1.54) is 0 Å². The molecule has 4 nitrogen and oxygen atoms in total. The van der Waals surface area contributed by atoms with Gasteiger partial charge in [0.1, 0.15) is 5.83 Å². The Labute approximate surface area is 172 Å². The Morgan fingerprint density at radius 1 is 1.24 bits per heavy atom. The molecule has 0 aliphatic heterocycles. The van der Waals surface area contributed by atoms with Gasteiger partial charge in [-0.3, -0.25) is 4.79 Å². The lowest BCUT2D eigenvalue weighted by molar-refractivity contribution is -0.123. The predicted octanol–water partition coefficient (Wildman–Crippen LogP) is 5.35. The van der Waals surface area contributed by atoms with Gasteiger partial charge in [0.25, 0.3) is 0 Å². The van der Waals surface area contributed by atoms with Gasteiger partial charge in [-0.2, -0.15) is 0 Å². The molecule has 154 valence electrons.